The number of rotatable bonds is 3. The van der Waals surface area contributed by atoms with Crippen molar-refractivity contribution in [3.8, 4) is 0 Å². The first kappa shape index (κ1) is 19.7. The second kappa shape index (κ2) is 6.24. The SMILES string of the molecule is CC1(C)O[C@H]2O[C@H]3[C@@H](O[C@H](CO)[C@@H](O)[C@H]3O[Si](C)(C)C(C)(C)C)[C@H]2O1. The van der Waals surface area contributed by atoms with Crippen molar-refractivity contribution in [1.29, 1.82) is 0 Å². The van der Waals surface area contributed by atoms with Gasteiger partial charge in [0, 0.05) is 0 Å². The molecule has 146 valence electrons. The molecule has 0 aliphatic carbocycles. The smallest absolute Gasteiger partial charge is 0.192 e. The van der Waals surface area contributed by atoms with Gasteiger partial charge >= 0.3 is 0 Å². The fraction of sp³-hybridized carbons (Fsp3) is 1.00. The van der Waals surface area contributed by atoms with Crippen LogP contribution in [-0.4, -0.2) is 73.8 Å². The Labute approximate surface area is 150 Å². The molecular formula is C17H32O7Si. The van der Waals surface area contributed by atoms with Gasteiger partial charge in [0.05, 0.1) is 6.61 Å². The van der Waals surface area contributed by atoms with Crippen molar-refractivity contribution in [2.24, 2.45) is 0 Å². The second-order valence-electron chi connectivity index (χ2n) is 9.22. The van der Waals surface area contributed by atoms with E-state index < -0.39 is 57.0 Å². The van der Waals surface area contributed by atoms with Crippen LogP contribution in [0.1, 0.15) is 34.6 Å². The summed E-state index contributed by atoms with van der Waals surface area (Å²) in [5.74, 6) is -0.746. The standard InChI is InChI=1S/C17H32O7Si/c1-16(2,3)25(6,7)24-11-10(19)9(8-18)20-13-12(11)21-15-14(13)22-17(4,5)23-15/h9-15,18-19H,8H2,1-7H3/t9-,10-,11-,12-,13-,14-,15-/m1/s1. The topological polar surface area (TPSA) is 86.6 Å². The molecule has 0 aromatic carbocycles. The van der Waals surface area contributed by atoms with Gasteiger partial charge in [0.2, 0.25) is 0 Å². The fourth-order valence-corrected chi connectivity index (χ4v) is 4.72. The van der Waals surface area contributed by atoms with E-state index in [0.29, 0.717) is 0 Å². The number of fused-ring (bicyclic) bond motifs is 3. The molecule has 0 unspecified atom stereocenters. The zero-order valence-electron chi connectivity index (χ0n) is 16.2. The first-order chi connectivity index (χ1) is 11.4. The van der Waals surface area contributed by atoms with Crippen LogP contribution in [0.15, 0.2) is 0 Å². The Kier molecular flexibility index (Phi) is 4.91. The third-order valence-corrected chi connectivity index (χ3v) is 10.3. The number of aliphatic hydroxyl groups is 2. The van der Waals surface area contributed by atoms with E-state index in [1.807, 2.05) is 13.8 Å². The zero-order chi connectivity index (χ0) is 18.8. The van der Waals surface area contributed by atoms with Gasteiger partial charge in [-0.25, -0.2) is 0 Å². The van der Waals surface area contributed by atoms with Gasteiger partial charge in [0.15, 0.2) is 20.4 Å². The highest BCUT2D eigenvalue weighted by molar-refractivity contribution is 6.74. The normalized spacial score (nSPS) is 43.8. The number of aliphatic hydroxyl groups excluding tert-OH is 2. The third kappa shape index (κ3) is 3.43. The number of hydrogen-bond donors (Lipinski definition) is 2. The average molecular weight is 377 g/mol. The molecule has 3 saturated heterocycles. The lowest BCUT2D eigenvalue weighted by atomic mass is 9.94. The molecule has 7 nitrogen and oxygen atoms in total. The predicted octanol–water partition coefficient (Wildman–Crippen LogP) is 1.37. The zero-order valence-corrected chi connectivity index (χ0v) is 17.2. The summed E-state index contributed by atoms with van der Waals surface area (Å²) in [5.41, 5.74) is 0. The Morgan fingerprint density at radius 1 is 1.04 bits per heavy atom. The largest absolute Gasteiger partial charge is 0.408 e. The van der Waals surface area contributed by atoms with E-state index in [1.165, 1.54) is 0 Å². The summed E-state index contributed by atoms with van der Waals surface area (Å²) in [5, 5.41) is 20.4. The van der Waals surface area contributed by atoms with Crippen molar-refractivity contribution in [2.75, 3.05) is 6.61 Å². The van der Waals surface area contributed by atoms with E-state index in [0.717, 1.165) is 0 Å². The van der Waals surface area contributed by atoms with Crippen molar-refractivity contribution in [1.82, 2.24) is 0 Å². The van der Waals surface area contributed by atoms with Crippen molar-refractivity contribution in [2.45, 2.75) is 101 Å². The van der Waals surface area contributed by atoms with Gasteiger partial charge < -0.3 is 33.6 Å². The van der Waals surface area contributed by atoms with E-state index in [-0.39, 0.29) is 11.6 Å². The van der Waals surface area contributed by atoms with Gasteiger partial charge in [-0.05, 0) is 32.0 Å². The molecule has 3 aliphatic rings. The van der Waals surface area contributed by atoms with Crippen LogP contribution in [0.25, 0.3) is 0 Å². The fourth-order valence-electron chi connectivity index (χ4n) is 3.42. The van der Waals surface area contributed by atoms with Crippen LogP contribution in [0, 0.1) is 0 Å². The maximum absolute atomic E-state index is 10.7. The highest BCUT2D eigenvalue weighted by Gasteiger charge is 2.62. The maximum atomic E-state index is 10.7. The minimum Gasteiger partial charge on any atom is -0.408 e. The maximum Gasteiger partial charge on any atom is 0.192 e. The molecule has 3 heterocycles. The monoisotopic (exact) mass is 376 g/mol. The Bertz CT molecular complexity index is 504. The van der Waals surface area contributed by atoms with E-state index in [9.17, 15) is 10.2 Å². The van der Waals surface area contributed by atoms with Gasteiger partial charge in [0.25, 0.3) is 0 Å². The van der Waals surface area contributed by atoms with Gasteiger partial charge in [-0.15, -0.1) is 0 Å². The summed E-state index contributed by atoms with van der Waals surface area (Å²) in [6, 6.07) is 0. The molecule has 25 heavy (non-hydrogen) atoms. The van der Waals surface area contributed by atoms with Crippen molar-refractivity contribution < 1.29 is 33.6 Å². The van der Waals surface area contributed by atoms with Gasteiger partial charge in [-0.3, -0.25) is 0 Å². The van der Waals surface area contributed by atoms with Crippen molar-refractivity contribution in [3.05, 3.63) is 0 Å². The summed E-state index contributed by atoms with van der Waals surface area (Å²) >= 11 is 0. The van der Waals surface area contributed by atoms with E-state index in [1.54, 1.807) is 0 Å². The molecule has 0 radical (unpaired) electrons. The van der Waals surface area contributed by atoms with Crippen LogP contribution < -0.4 is 0 Å². The summed E-state index contributed by atoms with van der Waals surface area (Å²) in [7, 11) is -2.16. The summed E-state index contributed by atoms with van der Waals surface area (Å²) < 4.78 is 30.2. The van der Waals surface area contributed by atoms with Crippen LogP contribution in [-0.2, 0) is 23.4 Å². The molecule has 8 heteroatoms. The average Bonchev–Trinajstić information content (AvgIpc) is 2.92. The quantitative estimate of drug-likeness (QED) is 0.720. The molecule has 0 aromatic heterocycles. The third-order valence-electron chi connectivity index (χ3n) is 5.82. The molecule has 2 N–H and O–H groups in total. The van der Waals surface area contributed by atoms with Crippen molar-refractivity contribution >= 4 is 8.32 Å². The number of hydrogen-bond acceptors (Lipinski definition) is 7. The molecule has 3 aliphatic heterocycles. The first-order valence-electron chi connectivity index (χ1n) is 8.99. The Hall–Kier alpha value is -0.0631. The molecule has 0 bridgehead atoms. The lowest BCUT2D eigenvalue weighted by molar-refractivity contribution is -0.268. The predicted molar refractivity (Wildman–Crippen MR) is 92.5 cm³/mol. The van der Waals surface area contributed by atoms with Crippen LogP contribution in [0.5, 0.6) is 0 Å². The minimum atomic E-state index is -2.16. The molecular weight excluding hydrogens is 344 g/mol. The molecule has 0 saturated carbocycles. The van der Waals surface area contributed by atoms with Crippen LogP contribution in [0.3, 0.4) is 0 Å². The molecule has 0 amide bonds. The van der Waals surface area contributed by atoms with Crippen LogP contribution >= 0.6 is 0 Å². The Morgan fingerprint density at radius 3 is 2.24 bits per heavy atom. The summed E-state index contributed by atoms with van der Waals surface area (Å²) in [4.78, 5) is 0. The van der Waals surface area contributed by atoms with Crippen LogP contribution in [0.2, 0.25) is 18.1 Å². The van der Waals surface area contributed by atoms with E-state index in [4.69, 9.17) is 23.4 Å². The highest BCUT2D eigenvalue weighted by Crippen LogP contribution is 2.45. The van der Waals surface area contributed by atoms with E-state index >= 15 is 0 Å². The molecule has 7 atom stereocenters. The Morgan fingerprint density at radius 2 is 1.68 bits per heavy atom. The van der Waals surface area contributed by atoms with Gasteiger partial charge in [0.1, 0.15) is 36.6 Å². The molecule has 3 rings (SSSR count). The highest BCUT2D eigenvalue weighted by atomic mass is 28.4. The molecule has 0 spiro atoms. The lowest BCUT2D eigenvalue weighted by Gasteiger charge is -2.47. The van der Waals surface area contributed by atoms with Gasteiger partial charge in [-0.1, -0.05) is 20.8 Å². The summed E-state index contributed by atoms with van der Waals surface area (Å²) in [6.07, 6.45) is -4.16. The van der Waals surface area contributed by atoms with Gasteiger partial charge in [-0.2, -0.15) is 0 Å². The number of ether oxygens (including phenoxy) is 4. The molecule has 3 fully saturated rings. The first-order valence-corrected chi connectivity index (χ1v) is 11.9. The second-order valence-corrected chi connectivity index (χ2v) is 14.0. The Balaban J connectivity index is 1.85. The van der Waals surface area contributed by atoms with E-state index in [2.05, 4.69) is 33.9 Å². The molecule has 0 aromatic rings. The van der Waals surface area contributed by atoms with Crippen LogP contribution in [0.4, 0.5) is 0 Å². The van der Waals surface area contributed by atoms with Crippen molar-refractivity contribution in [3.63, 3.8) is 0 Å². The summed E-state index contributed by atoms with van der Waals surface area (Å²) in [6.45, 7) is 14.1. The minimum absolute atomic E-state index is 0.0152. The lowest BCUT2D eigenvalue weighted by Crippen LogP contribution is -2.63.